The van der Waals surface area contributed by atoms with E-state index in [1.54, 1.807) is 14.2 Å². The monoisotopic (exact) mass is 466 g/mol. The fourth-order valence-corrected chi connectivity index (χ4v) is 4.86. The summed E-state index contributed by atoms with van der Waals surface area (Å²) in [6, 6.07) is 15.8. The summed E-state index contributed by atoms with van der Waals surface area (Å²) >= 11 is 0. The van der Waals surface area contributed by atoms with E-state index < -0.39 is 23.6 Å². The van der Waals surface area contributed by atoms with Gasteiger partial charge in [0.15, 0.2) is 11.5 Å². The number of primary amides is 1. The number of benzene rings is 3. The van der Waals surface area contributed by atoms with Crippen molar-refractivity contribution >= 4 is 5.91 Å². The highest BCUT2D eigenvalue weighted by Crippen LogP contribution is 2.43. The molecule has 1 aliphatic rings. The van der Waals surface area contributed by atoms with Crippen LogP contribution in [0.4, 0.5) is 8.78 Å². The fourth-order valence-electron chi connectivity index (χ4n) is 4.86. The van der Waals surface area contributed by atoms with Gasteiger partial charge in [0.1, 0.15) is 17.7 Å². The number of carbonyl (C=O) groups is 1. The Labute approximate surface area is 198 Å². The summed E-state index contributed by atoms with van der Waals surface area (Å²) in [4.78, 5) is 14.7. The molecule has 1 amide bonds. The molecular formula is C27H28F2N2O3. The van der Waals surface area contributed by atoms with Crippen molar-refractivity contribution in [3.05, 3.63) is 94.6 Å². The van der Waals surface area contributed by atoms with Crippen LogP contribution in [0.5, 0.6) is 11.5 Å². The van der Waals surface area contributed by atoms with Crippen molar-refractivity contribution in [1.29, 1.82) is 0 Å². The number of amides is 1. The van der Waals surface area contributed by atoms with Crippen LogP contribution in [0.15, 0.2) is 60.7 Å². The number of ether oxygens (including phenoxy) is 2. The van der Waals surface area contributed by atoms with Crippen molar-refractivity contribution in [2.24, 2.45) is 5.73 Å². The van der Waals surface area contributed by atoms with Crippen LogP contribution >= 0.6 is 0 Å². The zero-order chi connectivity index (χ0) is 24.2. The Hall–Kier alpha value is -3.45. The molecule has 1 heterocycles. The van der Waals surface area contributed by atoms with Gasteiger partial charge in [-0.2, -0.15) is 0 Å². The molecule has 0 spiro atoms. The normalized spacial score (nSPS) is 16.5. The lowest BCUT2D eigenvalue weighted by Crippen LogP contribution is -2.44. The number of hydrogen-bond acceptors (Lipinski definition) is 4. The largest absolute Gasteiger partial charge is 0.493 e. The summed E-state index contributed by atoms with van der Waals surface area (Å²) in [5.74, 6) is -0.203. The molecule has 0 aromatic heterocycles. The van der Waals surface area contributed by atoms with Crippen LogP contribution in [0.25, 0.3) is 0 Å². The molecule has 3 aromatic rings. The lowest BCUT2D eigenvalue weighted by molar-refractivity contribution is -0.124. The van der Waals surface area contributed by atoms with Crippen molar-refractivity contribution < 1.29 is 23.0 Å². The Morgan fingerprint density at radius 1 is 1.06 bits per heavy atom. The molecule has 1 aliphatic heterocycles. The van der Waals surface area contributed by atoms with Crippen LogP contribution < -0.4 is 15.2 Å². The van der Waals surface area contributed by atoms with Crippen LogP contribution in [-0.4, -0.2) is 31.6 Å². The van der Waals surface area contributed by atoms with Gasteiger partial charge >= 0.3 is 0 Å². The first-order valence-electron chi connectivity index (χ1n) is 11.2. The number of nitrogens with zero attached hydrogens (tertiary/aromatic N) is 1. The molecule has 0 bridgehead atoms. The molecule has 5 nitrogen and oxygen atoms in total. The molecule has 0 aliphatic carbocycles. The van der Waals surface area contributed by atoms with E-state index in [1.807, 2.05) is 42.5 Å². The van der Waals surface area contributed by atoms with Gasteiger partial charge in [0.25, 0.3) is 0 Å². The van der Waals surface area contributed by atoms with Gasteiger partial charge in [0.2, 0.25) is 5.91 Å². The summed E-state index contributed by atoms with van der Waals surface area (Å²) in [6.07, 6.45) is 1.43. The molecule has 7 heteroatoms. The second-order valence-electron chi connectivity index (χ2n) is 8.40. The number of hydrogen-bond donors (Lipinski definition) is 1. The van der Waals surface area contributed by atoms with E-state index in [-0.39, 0.29) is 6.04 Å². The van der Waals surface area contributed by atoms with Gasteiger partial charge in [-0.25, -0.2) is 8.78 Å². The van der Waals surface area contributed by atoms with Gasteiger partial charge in [-0.3, -0.25) is 9.69 Å². The molecule has 2 unspecified atom stereocenters. The number of methoxy groups -OCH3 is 2. The second kappa shape index (κ2) is 10.2. The Morgan fingerprint density at radius 3 is 2.44 bits per heavy atom. The lowest BCUT2D eigenvalue weighted by Gasteiger charge is -2.41. The van der Waals surface area contributed by atoms with Crippen LogP contribution in [0.3, 0.4) is 0 Å². The first-order valence-corrected chi connectivity index (χ1v) is 11.2. The average molecular weight is 467 g/mol. The van der Waals surface area contributed by atoms with Crippen molar-refractivity contribution in [2.45, 2.75) is 31.3 Å². The number of aryl methyl sites for hydroxylation is 1. The van der Waals surface area contributed by atoms with Crippen LogP contribution in [0.1, 0.15) is 40.8 Å². The quantitative estimate of drug-likeness (QED) is 0.521. The van der Waals surface area contributed by atoms with E-state index in [2.05, 4.69) is 4.90 Å². The highest BCUT2D eigenvalue weighted by atomic mass is 19.1. The highest BCUT2D eigenvalue weighted by molar-refractivity contribution is 5.81. The Balaban J connectivity index is 1.77. The topological polar surface area (TPSA) is 64.8 Å². The van der Waals surface area contributed by atoms with E-state index in [0.29, 0.717) is 42.9 Å². The molecule has 0 radical (unpaired) electrons. The Kier molecular flexibility index (Phi) is 7.12. The third-order valence-corrected chi connectivity index (χ3v) is 6.46. The summed E-state index contributed by atoms with van der Waals surface area (Å²) in [7, 11) is 3.15. The fraction of sp³-hybridized carbons (Fsp3) is 0.296. The van der Waals surface area contributed by atoms with Crippen LogP contribution in [0, 0.1) is 11.6 Å². The minimum absolute atomic E-state index is 0.274. The number of fused-ring (bicyclic) bond motifs is 1. The van der Waals surface area contributed by atoms with Crippen molar-refractivity contribution in [3.8, 4) is 11.5 Å². The average Bonchev–Trinajstić information content (AvgIpc) is 2.84. The van der Waals surface area contributed by atoms with Gasteiger partial charge < -0.3 is 15.2 Å². The molecule has 0 saturated carbocycles. The van der Waals surface area contributed by atoms with Crippen molar-refractivity contribution in [1.82, 2.24) is 4.90 Å². The molecule has 2 atom stereocenters. The highest BCUT2D eigenvalue weighted by Gasteiger charge is 2.36. The predicted molar refractivity (Wildman–Crippen MR) is 126 cm³/mol. The third kappa shape index (κ3) is 4.75. The smallest absolute Gasteiger partial charge is 0.239 e. The minimum Gasteiger partial charge on any atom is -0.493 e. The summed E-state index contributed by atoms with van der Waals surface area (Å²) in [5, 5.41) is 0. The second-order valence-corrected chi connectivity index (χ2v) is 8.40. The first-order chi connectivity index (χ1) is 16.4. The molecule has 0 fully saturated rings. The van der Waals surface area contributed by atoms with Crippen LogP contribution in [-0.2, 0) is 17.6 Å². The zero-order valence-corrected chi connectivity index (χ0v) is 19.3. The van der Waals surface area contributed by atoms with Crippen molar-refractivity contribution in [3.63, 3.8) is 0 Å². The van der Waals surface area contributed by atoms with E-state index in [9.17, 15) is 13.6 Å². The predicted octanol–water partition coefficient (Wildman–Crippen LogP) is 4.74. The van der Waals surface area contributed by atoms with Crippen LogP contribution in [0.2, 0.25) is 0 Å². The maximum absolute atomic E-state index is 14.4. The van der Waals surface area contributed by atoms with Gasteiger partial charge in [-0.05, 0) is 71.8 Å². The molecule has 2 N–H and O–H groups in total. The summed E-state index contributed by atoms with van der Waals surface area (Å²) in [6.45, 7) is 0.571. The molecule has 34 heavy (non-hydrogen) atoms. The van der Waals surface area contributed by atoms with Gasteiger partial charge in [-0.1, -0.05) is 30.3 Å². The van der Waals surface area contributed by atoms with E-state index in [1.165, 1.54) is 6.07 Å². The number of halogens is 2. The number of rotatable bonds is 8. The maximum Gasteiger partial charge on any atom is 0.239 e. The van der Waals surface area contributed by atoms with E-state index in [4.69, 9.17) is 15.2 Å². The van der Waals surface area contributed by atoms with Gasteiger partial charge in [0, 0.05) is 12.6 Å². The molecular weight excluding hydrogens is 438 g/mol. The Bertz CT molecular complexity index is 1170. The van der Waals surface area contributed by atoms with Crippen molar-refractivity contribution in [2.75, 3.05) is 20.8 Å². The molecule has 0 saturated heterocycles. The van der Waals surface area contributed by atoms with E-state index in [0.717, 1.165) is 28.8 Å². The number of carbonyl (C=O) groups excluding carboxylic acids is 1. The number of nitrogens with two attached hydrogens (primary N) is 1. The maximum atomic E-state index is 14.4. The molecule has 178 valence electrons. The SMILES string of the molecule is COc1cc2c(cc1OC)C(CCc1cc(F)ccc1F)N(C(C(N)=O)c1ccccc1)CC2. The minimum atomic E-state index is -0.662. The first kappa shape index (κ1) is 23.7. The molecule has 4 rings (SSSR count). The Morgan fingerprint density at radius 2 is 1.76 bits per heavy atom. The summed E-state index contributed by atoms with van der Waals surface area (Å²) < 4.78 is 39.2. The molecule has 3 aromatic carbocycles. The van der Waals surface area contributed by atoms with Gasteiger partial charge in [-0.15, -0.1) is 0 Å². The lowest BCUT2D eigenvalue weighted by atomic mass is 9.86. The van der Waals surface area contributed by atoms with E-state index >= 15 is 0 Å². The summed E-state index contributed by atoms with van der Waals surface area (Å²) in [5.41, 5.74) is 9.01. The van der Waals surface area contributed by atoms with Gasteiger partial charge in [0.05, 0.1) is 14.2 Å². The zero-order valence-electron chi connectivity index (χ0n) is 19.3. The third-order valence-electron chi connectivity index (χ3n) is 6.46. The standard InChI is InChI=1S/C27H28F2N2O3/c1-33-24-15-18-12-13-31(26(27(30)32)17-6-4-3-5-7-17)23(21(18)16-25(24)34-2)11-8-19-14-20(28)9-10-22(19)29/h3-7,9-10,14-16,23,26H,8,11-13H2,1-2H3,(H2,30,32).